The van der Waals surface area contributed by atoms with Crippen LogP contribution in [0.1, 0.15) is 25.7 Å². The minimum Gasteiger partial charge on any atom is -0.479 e. The summed E-state index contributed by atoms with van der Waals surface area (Å²) in [5.41, 5.74) is 0. The van der Waals surface area contributed by atoms with Crippen molar-refractivity contribution in [1.82, 2.24) is 14.2 Å². The molecule has 0 saturated carbocycles. The van der Waals surface area contributed by atoms with Crippen molar-refractivity contribution in [2.24, 2.45) is 0 Å². The molecule has 28 N–H and O–H groups in total. The van der Waals surface area contributed by atoms with Crippen LogP contribution < -0.4 is 14.2 Å². The van der Waals surface area contributed by atoms with Crippen LogP contribution in [0.2, 0.25) is 0 Å². The summed E-state index contributed by atoms with van der Waals surface area (Å²) >= 11 is 0. The van der Waals surface area contributed by atoms with Crippen molar-refractivity contribution in [2.75, 3.05) is 60.0 Å². The molecular formula is C31H71N3O49S8. The minimum absolute atomic E-state index is 0. The van der Waals surface area contributed by atoms with Crippen LogP contribution in [0.15, 0.2) is 0 Å². The Hall–Kier alpha value is -2.74. The molecule has 0 aromatic heterocycles. The molecule has 552 valence electrons. The van der Waals surface area contributed by atoms with Crippen molar-refractivity contribution in [3.05, 3.63) is 0 Å². The lowest BCUT2D eigenvalue weighted by Crippen LogP contribution is -2.60. The molecule has 5 heterocycles. The SMILES string of the molecule is CO[C@@H]1C(COS(=O)(=O)O)OCC(NS(=O)(=O)O)[C@@H]1O.O.O.O.O.O.O=C(O)C1C[C@@H](O)C(O)CO1.O=C(O)C1C[C@@H](O)C(OS(=O)(=O)O)CO1.O=S(=O)(O)NC1COC(COS(=O)(=O)O)C[C@H]1O.O=S(=O)(O)NC1COC(COS(=O)(=O)O)C[C@H]1OS(=O)(=O)O. The zero-order chi connectivity index (χ0) is 66.8. The summed E-state index contributed by atoms with van der Waals surface area (Å²) in [6, 6.07) is -3.60. The highest BCUT2D eigenvalue weighted by Gasteiger charge is 2.43. The molecule has 5 aliphatic heterocycles. The lowest BCUT2D eigenvalue weighted by atomic mass is 9.99. The highest BCUT2D eigenvalue weighted by atomic mass is 32.3. The number of methoxy groups -OCH3 is 1. The Labute approximate surface area is 515 Å². The standard InChI is InChI=1S/C7H15NO10S2.C6H13NO12S3.C6H13NO9S2.C6H10O8S.C6H10O5.5H2O/c1-16-7-5(3-18-20(13,14)15)17-2-4(6(7)9)8-19(10,11)12;8-20(9,10)7-5-3-17-4(2-18-21(11,12)13)1-6(5)19-22(14,15)16;8-6-1-4(2-16-18(12,13)14)15-3-5(6)7-17(9,10)11;7-3-1-4(6(8)9)13-2-5(3)14-15(10,11)12;7-3-1-5(6(9)10)11-2-4(3)8;;;;;/h4-9H,2-3H2,1H3,(H,10,11,12)(H,13,14,15);4-7H,1-3H2,(H,8,9,10)(H,11,12,13)(H,14,15,16);4-8H,1-3H2,(H,9,10,11)(H,12,13,14);3-5,7H,1-2H2,(H,8,9)(H,10,11,12);3-5,7-8H,1-2H2,(H,9,10);5*1H2/t4?,5?,6-,7+;2*4?,5?,6-;2*3-,4?,5?;;;;;/m01111...../s1. The van der Waals surface area contributed by atoms with Gasteiger partial charge in [0, 0.05) is 32.8 Å². The molecule has 91 heavy (non-hydrogen) atoms. The third-order valence-electron chi connectivity index (χ3n) is 10.7. The Morgan fingerprint density at radius 1 is 0.407 bits per heavy atom. The van der Waals surface area contributed by atoms with E-state index >= 15 is 0 Å². The fraction of sp³-hybridized carbons (Fsp3) is 0.935. The van der Waals surface area contributed by atoms with E-state index in [9.17, 15) is 92.3 Å². The molecule has 16 atom stereocenters. The van der Waals surface area contributed by atoms with Gasteiger partial charge in [-0.1, -0.05) is 0 Å². The average molecular weight is 1530 g/mol. The summed E-state index contributed by atoms with van der Waals surface area (Å²) in [5.74, 6) is -2.35. The van der Waals surface area contributed by atoms with Gasteiger partial charge in [0.2, 0.25) is 0 Å². The highest BCUT2D eigenvalue weighted by Crippen LogP contribution is 2.23. The maximum Gasteiger partial charge on any atom is 0.397 e. The largest absolute Gasteiger partial charge is 0.479 e. The van der Waals surface area contributed by atoms with Gasteiger partial charge in [0.05, 0.1) is 102 Å². The van der Waals surface area contributed by atoms with Crippen LogP contribution in [0.5, 0.6) is 0 Å². The van der Waals surface area contributed by atoms with Crippen LogP contribution in [0, 0.1) is 0 Å². The fourth-order valence-electron chi connectivity index (χ4n) is 6.99. The van der Waals surface area contributed by atoms with Gasteiger partial charge in [-0.3, -0.25) is 36.4 Å². The number of carboxylic acid groups (broad SMARTS) is 2. The Balaban J connectivity index is -0.000000339. The van der Waals surface area contributed by atoms with Gasteiger partial charge in [0.1, 0.15) is 36.6 Å². The third kappa shape index (κ3) is 44.6. The van der Waals surface area contributed by atoms with Gasteiger partial charge in [-0.05, 0) is 0 Å². The van der Waals surface area contributed by atoms with E-state index in [1.807, 2.05) is 0 Å². The molecule has 0 aromatic rings. The molecule has 0 amide bonds. The maximum atomic E-state index is 10.7. The number of aliphatic hydroxyl groups is 5. The number of aliphatic carboxylic acids is 2. The highest BCUT2D eigenvalue weighted by molar-refractivity contribution is 7.84. The van der Waals surface area contributed by atoms with Crippen molar-refractivity contribution < 1.29 is 226 Å². The quantitative estimate of drug-likeness (QED) is 0.0448. The van der Waals surface area contributed by atoms with Crippen LogP contribution in [0.3, 0.4) is 0 Å². The Morgan fingerprint density at radius 2 is 0.769 bits per heavy atom. The molecule has 0 spiro atoms. The summed E-state index contributed by atoms with van der Waals surface area (Å²) in [5, 5.41) is 63.6. The number of ether oxygens (including phenoxy) is 6. The summed E-state index contributed by atoms with van der Waals surface area (Å²) in [6.45, 7) is -3.54. The van der Waals surface area contributed by atoms with Gasteiger partial charge in [-0.25, -0.2) is 30.5 Å². The van der Waals surface area contributed by atoms with Crippen molar-refractivity contribution in [2.45, 2.75) is 123 Å². The maximum absolute atomic E-state index is 10.7. The van der Waals surface area contributed by atoms with Crippen molar-refractivity contribution >= 4 is 94.8 Å². The second kappa shape index (κ2) is 41.4. The van der Waals surface area contributed by atoms with Crippen LogP contribution in [-0.4, -0.2) is 336 Å². The van der Waals surface area contributed by atoms with Crippen LogP contribution in [-0.2, 0) is 142 Å². The summed E-state index contributed by atoms with van der Waals surface area (Å²) in [7, 11) is -36.2. The van der Waals surface area contributed by atoms with E-state index in [0.29, 0.717) is 0 Å². The Bertz CT molecular complexity index is 3080. The van der Waals surface area contributed by atoms with Gasteiger partial charge < -0.3 is 91.5 Å². The molecule has 0 aromatic carbocycles. The normalized spacial score (nSPS) is 29.8. The molecule has 5 aliphatic rings. The predicted molar refractivity (Wildman–Crippen MR) is 282 cm³/mol. The first kappa shape index (κ1) is 96.9. The van der Waals surface area contributed by atoms with E-state index in [1.165, 1.54) is 7.11 Å². The topological polar surface area (TPSA) is 906 Å². The molecule has 0 radical (unpaired) electrons. The van der Waals surface area contributed by atoms with E-state index in [2.05, 4.69) is 20.9 Å². The minimum atomic E-state index is -4.96. The van der Waals surface area contributed by atoms with Crippen molar-refractivity contribution in [3.63, 3.8) is 0 Å². The summed E-state index contributed by atoms with van der Waals surface area (Å²) in [4.78, 5) is 20.7. The number of aliphatic hydroxyl groups excluding tert-OH is 5. The number of carbonyl (C=O) groups is 2. The number of rotatable bonds is 22. The Kier molecular flexibility index (Phi) is 44.1. The molecular weight excluding hydrogens is 1450 g/mol. The second-order valence-corrected chi connectivity index (χ2v) is 26.3. The van der Waals surface area contributed by atoms with E-state index in [0.717, 1.165) is 0 Å². The first-order chi connectivity index (χ1) is 38.8. The van der Waals surface area contributed by atoms with Crippen LogP contribution in [0.4, 0.5) is 0 Å². The van der Waals surface area contributed by atoms with Crippen molar-refractivity contribution in [3.8, 4) is 0 Å². The summed E-state index contributed by atoms with van der Waals surface area (Å²) < 4.78 is 291. The van der Waals surface area contributed by atoms with E-state index in [-0.39, 0.29) is 66.5 Å². The number of carboxylic acids is 2. The monoisotopic (exact) mass is 1530 g/mol. The summed E-state index contributed by atoms with van der Waals surface area (Å²) in [6.07, 6.45) is -15.8. The molecule has 60 heteroatoms. The number of hydrogen-bond donors (Lipinski definition) is 18. The molecule has 5 rings (SSSR count). The fourth-order valence-corrected chi connectivity index (χ4v) is 10.8. The predicted octanol–water partition coefficient (Wildman–Crippen LogP) is -14.5. The lowest BCUT2D eigenvalue weighted by Gasteiger charge is -2.38. The van der Waals surface area contributed by atoms with Gasteiger partial charge in [0.25, 0.3) is 0 Å². The third-order valence-corrected chi connectivity index (χ3v) is 14.7. The first-order valence-electron chi connectivity index (χ1n) is 22.6. The van der Waals surface area contributed by atoms with E-state index in [1.54, 1.807) is 14.2 Å². The van der Waals surface area contributed by atoms with E-state index in [4.69, 9.17) is 85.3 Å². The first-order valence-corrected chi connectivity index (χ1v) is 33.8. The molecule has 52 nitrogen and oxygen atoms in total. The van der Waals surface area contributed by atoms with E-state index < -0.39 is 232 Å². The molecule has 0 aliphatic carbocycles. The number of nitrogens with one attached hydrogen (secondary N) is 3. The molecule has 5 fully saturated rings. The van der Waals surface area contributed by atoms with Gasteiger partial charge in [-0.2, -0.15) is 81.5 Å². The average Bonchev–Trinajstić information content (AvgIpc) is 1.04. The van der Waals surface area contributed by atoms with Crippen LogP contribution >= 0.6 is 0 Å². The Morgan fingerprint density at radius 3 is 1.14 bits per heavy atom. The van der Waals surface area contributed by atoms with Crippen LogP contribution in [0.25, 0.3) is 0 Å². The molecule has 5 saturated heterocycles. The van der Waals surface area contributed by atoms with Gasteiger partial charge in [-0.15, -0.1) is 0 Å². The second-order valence-electron chi connectivity index (χ2n) is 17.4. The van der Waals surface area contributed by atoms with Gasteiger partial charge >= 0.3 is 94.8 Å². The zero-order valence-electron chi connectivity index (χ0n) is 45.5. The zero-order valence-corrected chi connectivity index (χ0v) is 52.1. The smallest absolute Gasteiger partial charge is 0.397 e. The number of hydrogen-bond acceptors (Lipinski definition) is 34. The lowest BCUT2D eigenvalue weighted by molar-refractivity contribution is -0.168. The van der Waals surface area contributed by atoms with Crippen molar-refractivity contribution in [1.29, 1.82) is 0 Å². The molecule has 0 bridgehead atoms. The van der Waals surface area contributed by atoms with Gasteiger partial charge in [0.15, 0.2) is 12.2 Å². The molecule has 10 unspecified atom stereocenters.